The van der Waals surface area contributed by atoms with Gasteiger partial charge in [0.25, 0.3) is 0 Å². The van der Waals surface area contributed by atoms with Gasteiger partial charge in [0.05, 0.1) is 17.0 Å². The standard InChI is InChI=1S/C15H11Cl5O/c1-2-21-14-7-12(18)10(6-13(14)19)15(20)9-4-3-8(16)5-11(9)17/h3-7,15H,2H2,1H3. The lowest BCUT2D eigenvalue weighted by molar-refractivity contribution is 0.340. The highest BCUT2D eigenvalue weighted by Gasteiger charge is 2.19. The van der Waals surface area contributed by atoms with E-state index in [1.165, 1.54) is 0 Å². The van der Waals surface area contributed by atoms with Crippen molar-refractivity contribution in [2.24, 2.45) is 0 Å². The summed E-state index contributed by atoms with van der Waals surface area (Å²) in [4.78, 5) is 0. The van der Waals surface area contributed by atoms with E-state index in [0.29, 0.717) is 43.6 Å². The maximum absolute atomic E-state index is 6.48. The van der Waals surface area contributed by atoms with Crippen LogP contribution in [-0.4, -0.2) is 6.61 Å². The molecule has 0 bridgehead atoms. The Hall–Kier alpha value is -0.310. The fourth-order valence-corrected chi connectivity index (χ4v) is 3.37. The lowest BCUT2D eigenvalue weighted by atomic mass is 10.0. The molecule has 0 saturated heterocycles. The predicted molar refractivity (Wildman–Crippen MR) is 91.8 cm³/mol. The molecule has 0 fully saturated rings. The molecule has 0 N–H and O–H groups in total. The summed E-state index contributed by atoms with van der Waals surface area (Å²) in [6, 6.07) is 8.47. The molecule has 0 heterocycles. The van der Waals surface area contributed by atoms with Gasteiger partial charge in [-0.15, -0.1) is 11.6 Å². The van der Waals surface area contributed by atoms with Crippen molar-refractivity contribution < 1.29 is 4.74 Å². The third kappa shape index (κ3) is 3.91. The summed E-state index contributed by atoms with van der Waals surface area (Å²) >= 11 is 31.0. The largest absolute Gasteiger partial charge is 0.492 e. The van der Waals surface area contributed by atoms with Crippen molar-refractivity contribution in [1.82, 2.24) is 0 Å². The van der Waals surface area contributed by atoms with Gasteiger partial charge >= 0.3 is 0 Å². The quantitative estimate of drug-likeness (QED) is 0.514. The molecule has 2 rings (SSSR count). The molecule has 0 aliphatic carbocycles. The van der Waals surface area contributed by atoms with E-state index in [4.69, 9.17) is 62.7 Å². The maximum atomic E-state index is 6.48. The van der Waals surface area contributed by atoms with Crippen molar-refractivity contribution >= 4 is 58.0 Å². The van der Waals surface area contributed by atoms with Gasteiger partial charge < -0.3 is 4.74 Å². The summed E-state index contributed by atoms with van der Waals surface area (Å²) in [5.41, 5.74) is 1.38. The van der Waals surface area contributed by atoms with Gasteiger partial charge in [-0.2, -0.15) is 0 Å². The summed E-state index contributed by atoms with van der Waals surface area (Å²) < 4.78 is 5.39. The summed E-state index contributed by atoms with van der Waals surface area (Å²) in [5, 5.41) is 1.41. The van der Waals surface area contributed by atoms with Crippen LogP contribution in [0.3, 0.4) is 0 Å². The summed E-state index contributed by atoms with van der Waals surface area (Å²) in [7, 11) is 0. The van der Waals surface area contributed by atoms with E-state index in [1.54, 1.807) is 30.3 Å². The highest BCUT2D eigenvalue weighted by atomic mass is 35.5. The Morgan fingerprint density at radius 1 is 0.905 bits per heavy atom. The summed E-state index contributed by atoms with van der Waals surface area (Å²) in [6.07, 6.45) is 0. The lowest BCUT2D eigenvalue weighted by Gasteiger charge is -2.16. The second kappa shape index (κ2) is 7.30. The van der Waals surface area contributed by atoms with Crippen LogP contribution in [-0.2, 0) is 0 Å². The third-order valence-electron chi connectivity index (χ3n) is 2.86. The lowest BCUT2D eigenvalue weighted by Crippen LogP contribution is -1.98. The van der Waals surface area contributed by atoms with Crippen LogP contribution in [0.1, 0.15) is 23.4 Å². The Labute approximate surface area is 148 Å². The highest BCUT2D eigenvalue weighted by Crippen LogP contribution is 2.41. The molecule has 0 saturated carbocycles. The first-order valence-corrected chi connectivity index (χ1v) is 8.09. The average Bonchev–Trinajstić information content (AvgIpc) is 2.42. The van der Waals surface area contributed by atoms with Crippen LogP contribution in [0.15, 0.2) is 30.3 Å². The SMILES string of the molecule is CCOc1cc(Cl)c(C(Cl)c2ccc(Cl)cc2Cl)cc1Cl. The van der Waals surface area contributed by atoms with E-state index < -0.39 is 5.38 Å². The molecule has 0 spiro atoms. The van der Waals surface area contributed by atoms with Crippen molar-refractivity contribution in [3.8, 4) is 5.75 Å². The minimum atomic E-state index is -0.532. The van der Waals surface area contributed by atoms with Crippen molar-refractivity contribution in [2.45, 2.75) is 12.3 Å². The number of hydrogen-bond donors (Lipinski definition) is 0. The number of alkyl halides is 1. The first kappa shape index (κ1) is 17.1. The average molecular weight is 385 g/mol. The van der Waals surface area contributed by atoms with E-state index in [2.05, 4.69) is 0 Å². The van der Waals surface area contributed by atoms with Gasteiger partial charge in [0.1, 0.15) is 5.75 Å². The molecule has 0 aliphatic heterocycles. The van der Waals surface area contributed by atoms with Crippen LogP contribution in [0.25, 0.3) is 0 Å². The Bertz CT molecular complexity index is 657. The third-order valence-corrected chi connectivity index (χ3v) is 4.51. The second-order valence-electron chi connectivity index (χ2n) is 4.27. The molecule has 0 aliphatic rings. The predicted octanol–water partition coefficient (Wildman–Crippen LogP) is 7.03. The van der Waals surface area contributed by atoms with E-state index >= 15 is 0 Å². The van der Waals surface area contributed by atoms with E-state index in [1.807, 2.05) is 6.92 Å². The summed E-state index contributed by atoms with van der Waals surface area (Å²) in [5.74, 6) is 0.527. The highest BCUT2D eigenvalue weighted by molar-refractivity contribution is 6.37. The Morgan fingerprint density at radius 2 is 1.57 bits per heavy atom. The van der Waals surface area contributed by atoms with Gasteiger partial charge in [-0.1, -0.05) is 52.5 Å². The molecular formula is C15H11Cl5O. The van der Waals surface area contributed by atoms with Gasteiger partial charge in [0.2, 0.25) is 0 Å². The second-order valence-corrected chi connectivity index (χ2v) is 6.36. The fourth-order valence-electron chi connectivity index (χ4n) is 1.88. The van der Waals surface area contributed by atoms with E-state index in [-0.39, 0.29) is 0 Å². The van der Waals surface area contributed by atoms with Crippen molar-refractivity contribution in [2.75, 3.05) is 6.61 Å². The van der Waals surface area contributed by atoms with Crippen molar-refractivity contribution in [3.05, 3.63) is 61.5 Å². The van der Waals surface area contributed by atoms with Crippen LogP contribution in [0.5, 0.6) is 5.75 Å². The number of hydrogen-bond acceptors (Lipinski definition) is 1. The minimum absolute atomic E-state index is 0.451. The molecule has 2 aromatic carbocycles. The first-order chi connectivity index (χ1) is 9.93. The van der Waals surface area contributed by atoms with Crippen LogP contribution in [0.4, 0.5) is 0 Å². The van der Waals surface area contributed by atoms with Crippen LogP contribution in [0.2, 0.25) is 20.1 Å². The fraction of sp³-hybridized carbons (Fsp3) is 0.200. The molecular weight excluding hydrogens is 373 g/mol. The molecule has 1 atom stereocenters. The van der Waals surface area contributed by atoms with E-state index in [0.717, 1.165) is 0 Å². The smallest absolute Gasteiger partial charge is 0.139 e. The van der Waals surface area contributed by atoms with Crippen LogP contribution < -0.4 is 4.74 Å². The minimum Gasteiger partial charge on any atom is -0.492 e. The molecule has 6 heteroatoms. The zero-order chi connectivity index (χ0) is 15.6. The molecule has 0 radical (unpaired) electrons. The Morgan fingerprint density at radius 3 is 2.19 bits per heavy atom. The van der Waals surface area contributed by atoms with Crippen molar-refractivity contribution in [1.29, 1.82) is 0 Å². The monoisotopic (exact) mass is 382 g/mol. The van der Waals surface area contributed by atoms with Gasteiger partial charge in [-0.25, -0.2) is 0 Å². The van der Waals surface area contributed by atoms with Crippen LogP contribution in [0, 0.1) is 0 Å². The maximum Gasteiger partial charge on any atom is 0.139 e. The Balaban J connectivity index is 2.43. The zero-order valence-corrected chi connectivity index (χ0v) is 14.7. The van der Waals surface area contributed by atoms with Crippen molar-refractivity contribution in [3.63, 3.8) is 0 Å². The number of ether oxygens (including phenoxy) is 1. The number of rotatable bonds is 4. The summed E-state index contributed by atoms with van der Waals surface area (Å²) in [6.45, 7) is 2.37. The molecule has 2 aromatic rings. The normalized spacial score (nSPS) is 12.3. The van der Waals surface area contributed by atoms with Gasteiger partial charge in [0, 0.05) is 21.1 Å². The Kier molecular flexibility index (Phi) is 5.93. The molecule has 1 unspecified atom stereocenters. The first-order valence-electron chi connectivity index (χ1n) is 6.14. The molecule has 1 nitrogen and oxygen atoms in total. The van der Waals surface area contributed by atoms with Crippen LogP contribution >= 0.6 is 58.0 Å². The molecule has 0 aromatic heterocycles. The molecule has 0 amide bonds. The number of halogens is 5. The molecule has 112 valence electrons. The van der Waals surface area contributed by atoms with Gasteiger partial charge in [-0.3, -0.25) is 0 Å². The van der Waals surface area contributed by atoms with Gasteiger partial charge in [0.15, 0.2) is 0 Å². The topological polar surface area (TPSA) is 9.23 Å². The number of benzene rings is 2. The zero-order valence-electron chi connectivity index (χ0n) is 11.0. The van der Waals surface area contributed by atoms with E-state index in [9.17, 15) is 0 Å². The van der Waals surface area contributed by atoms with Gasteiger partial charge in [-0.05, 0) is 36.2 Å². The molecule has 21 heavy (non-hydrogen) atoms.